The fourth-order valence-corrected chi connectivity index (χ4v) is 3.52. The van der Waals surface area contributed by atoms with Gasteiger partial charge in [0.05, 0.1) is 0 Å². The Bertz CT molecular complexity index is 930. The quantitative estimate of drug-likeness (QED) is 0.616. The van der Waals surface area contributed by atoms with Gasteiger partial charge in [0, 0.05) is 18.4 Å². The van der Waals surface area contributed by atoms with E-state index in [1.54, 1.807) is 35.9 Å². The Morgan fingerprint density at radius 1 is 1.00 bits per heavy atom. The standard InChI is InChI=1S/C18H16ClN5O/c1-24-15-14(22-17(24)19)18(16(25)23-15,10-2-6-12(20)7-3-10)11-4-8-13(21)9-5-11/h2-9H,20-21H2,1H3,(H,23,25). The molecule has 0 fully saturated rings. The molecule has 1 aliphatic heterocycles. The van der Waals surface area contributed by atoms with E-state index >= 15 is 0 Å². The van der Waals surface area contributed by atoms with Gasteiger partial charge in [-0.25, -0.2) is 4.98 Å². The van der Waals surface area contributed by atoms with E-state index in [1.165, 1.54) is 0 Å². The number of hydrogen-bond donors (Lipinski definition) is 3. The number of aromatic nitrogens is 2. The summed E-state index contributed by atoms with van der Waals surface area (Å²) in [4.78, 5) is 17.7. The number of hydrogen-bond acceptors (Lipinski definition) is 4. The average molecular weight is 354 g/mol. The van der Waals surface area contributed by atoms with Crippen molar-refractivity contribution in [3.05, 3.63) is 70.6 Å². The topological polar surface area (TPSA) is 99.0 Å². The van der Waals surface area contributed by atoms with Crippen molar-refractivity contribution in [1.29, 1.82) is 0 Å². The van der Waals surface area contributed by atoms with Crippen LogP contribution in [-0.4, -0.2) is 15.5 Å². The lowest BCUT2D eigenvalue weighted by Crippen LogP contribution is -2.37. The van der Waals surface area contributed by atoms with Crippen LogP contribution in [0.15, 0.2) is 48.5 Å². The van der Waals surface area contributed by atoms with Gasteiger partial charge < -0.3 is 21.4 Å². The molecule has 25 heavy (non-hydrogen) atoms. The number of anilines is 3. The maximum Gasteiger partial charge on any atom is 0.246 e. The van der Waals surface area contributed by atoms with Crippen LogP contribution < -0.4 is 16.8 Å². The van der Waals surface area contributed by atoms with Gasteiger partial charge >= 0.3 is 0 Å². The number of carbonyl (C=O) groups is 1. The van der Waals surface area contributed by atoms with Crippen molar-refractivity contribution in [3.63, 3.8) is 0 Å². The normalized spacial score (nSPS) is 15.0. The summed E-state index contributed by atoms with van der Waals surface area (Å²) >= 11 is 6.21. The second-order valence-electron chi connectivity index (χ2n) is 6.09. The molecule has 0 unspecified atom stereocenters. The zero-order valence-electron chi connectivity index (χ0n) is 13.5. The molecule has 7 heteroatoms. The highest BCUT2D eigenvalue weighted by atomic mass is 35.5. The minimum Gasteiger partial charge on any atom is -0.399 e. The lowest BCUT2D eigenvalue weighted by molar-refractivity contribution is -0.118. The Labute approximate surface area is 149 Å². The number of rotatable bonds is 2. The number of nitrogens with two attached hydrogens (primary N) is 2. The monoisotopic (exact) mass is 353 g/mol. The van der Waals surface area contributed by atoms with E-state index in [9.17, 15) is 4.79 Å². The van der Waals surface area contributed by atoms with Crippen LogP contribution in [0.5, 0.6) is 0 Å². The zero-order chi connectivity index (χ0) is 17.8. The number of nitrogen functional groups attached to an aromatic ring is 2. The fourth-order valence-electron chi connectivity index (χ4n) is 3.35. The molecule has 2 aromatic carbocycles. The number of fused-ring (bicyclic) bond motifs is 1. The van der Waals surface area contributed by atoms with Crippen LogP contribution in [0.3, 0.4) is 0 Å². The van der Waals surface area contributed by atoms with E-state index in [0.717, 1.165) is 11.1 Å². The van der Waals surface area contributed by atoms with Gasteiger partial charge in [-0.05, 0) is 47.0 Å². The maximum atomic E-state index is 13.2. The lowest BCUT2D eigenvalue weighted by atomic mass is 9.72. The number of imidazole rings is 1. The summed E-state index contributed by atoms with van der Waals surface area (Å²) in [5.74, 6) is 0.399. The Kier molecular flexibility index (Phi) is 3.27. The first-order valence-electron chi connectivity index (χ1n) is 7.70. The molecule has 0 spiro atoms. The molecule has 0 saturated carbocycles. The van der Waals surface area contributed by atoms with Gasteiger partial charge in [0.15, 0.2) is 0 Å². The molecule has 2 heterocycles. The molecule has 4 rings (SSSR count). The van der Waals surface area contributed by atoms with Crippen LogP contribution in [-0.2, 0) is 17.3 Å². The predicted molar refractivity (Wildman–Crippen MR) is 98.4 cm³/mol. The van der Waals surface area contributed by atoms with Crippen molar-refractivity contribution in [3.8, 4) is 0 Å². The number of nitrogens with zero attached hydrogens (tertiary/aromatic N) is 2. The molecular formula is C18H16ClN5O. The van der Waals surface area contributed by atoms with Crippen molar-refractivity contribution in [2.24, 2.45) is 7.05 Å². The third kappa shape index (κ3) is 2.04. The van der Waals surface area contributed by atoms with Crippen LogP contribution in [0.1, 0.15) is 16.8 Å². The molecule has 1 aliphatic rings. The number of benzene rings is 2. The Hall–Kier alpha value is -2.99. The summed E-state index contributed by atoms with van der Waals surface area (Å²) in [5.41, 5.74) is 13.9. The van der Waals surface area contributed by atoms with Gasteiger partial charge in [0.25, 0.3) is 0 Å². The molecule has 0 saturated heterocycles. The zero-order valence-corrected chi connectivity index (χ0v) is 14.2. The summed E-state index contributed by atoms with van der Waals surface area (Å²) in [6.45, 7) is 0. The molecular weight excluding hydrogens is 338 g/mol. The number of carbonyl (C=O) groups excluding carboxylic acids is 1. The second-order valence-corrected chi connectivity index (χ2v) is 6.42. The minimum absolute atomic E-state index is 0.188. The molecule has 0 bridgehead atoms. The molecule has 0 radical (unpaired) electrons. The molecule has 5 N–H and O–H groups in total. The van der Waals surface area contributed by atoms with Crippen LogP contribution in [0, 0.1) is 0 Å². The fraction of sp³-hybridized carbons (Fsp3) is 0.111. The maximum absolute atomic E-state index is 13.2. The van der Waals surface area contributed by atoms with Crippen LogP contribution in [0.25, 0.3) is 0 Å². The van der Waals surface area contributed by atoms with Gasteiger partial charge in [0.2, 0.25) is 11.2 Å². The first kappa shape index (κ1) is 15.5. The summed E-state index contributed by atoms with van der Waals surface area (Å²) in [6, 6.07) is 14.4. The van der Waals surface area contributed by atoms with Gasteiger partial charge in [-0.2, -0.15) is 0 Å². The van der Waals surface area contributed by atoms with Crippen molar-refractivity contribution in [2.45, 2.75) is 5.41 Å². The number of nitrogens with one attached hydrogen (secondary N) is 1. The molecule has 1 amide bonds. The van der Waals surface area contributed by atoms with Gasteiger partial charge in [-0.1, -0.05) is 24.3 Å². The van der Waals surface area contributed by atoms with Crippen molar-refractivity contribution in [2.75, 3.05) is 16.8 Å². The Morgan fingerprint density at radius 3 is 1.96 bits per heavy atom. The lowest BCUT2D eigenvalue weighted by Gasteiger charge is -2.27. The van der Waals surface area contributed by atoms with Crippen molar-refractivity contribution >= 4 is 34.7 Å². The van der Waals surface area contributed by atoms with E-state index in [2.05, 4.69) is 10.3 Å². The Morgan fingerprint density at radius 2 is 1.48 bits per heavy atom. The highest BCUT2D eigenvalue weighted by Gasteiger charge is 2.53. The van der Waals surface area contributed by atoms with Crippen molar-refractivity contribution < 1.29 is 4.79 Å². The van der Waals surface area contributed by atoms with Gasteiger partial charge in [-0.3, -0.25) is 4.79 Å². The molecule has 3 aromatic rings. The SMILES string of the molecule is Cn1c(Cl)nc2c1NC(=O)C2(c1ccc(N)cc1)c1ccc(N)cc1. The van der Waals surface area contributed by atoms with E-state index in [4.69, 9.17) is 23.1 Å². The van der Waals surface area contributed by atoms with E-state index in [1.807, 2.05) is 24.3 Å². The molecule has 0 aliphatic carbocycles. The van der Waals surface area contributed by atoms with Crippen LogP contribution >= 0.6 is 11.6 Å². The van der Waals surface area contributed by atoms with E-state index in [-0.39, 0.29) is 5.91 Å². The highest BCUT2D eigenvalue weighted by Crippen LogP contribution is 2.48. The summed E-state index contributed by atoms with van der Waals surface area (Å²) < 4.78 is 1.66. The summed E-state index contributed by atoms with van der Waals surface area (Å²) in [5, 5.41) is 3.22. The van der Waals surface area contributed by atoms with Gasteiger partial charge in [-0.15, -0.1) is 0 Å². The molecule has 0 atom stereocenters. The number of amides is 1. The third-order valence-electron chi connectivity index (χ3n) is 4.66. The minimum atomic E-state index is -1.11. The predicted octanol–water partition coefficient (Wildman–Crippen LogP) is 2.52. The first-order chi connectivity index (χ1) is 11.9. The first-order valence-corrected chi connectivity index (χ1v) is 8.08. The molecule has 126 valence electrons. The smallest absolute Gasteiger partial charge is 0.246 e. The second kappa shape index (κ2) is 5.26. The largest absolute Gasteiger partial charge is 0.399 e. The van der Waals surface area contributed by atoms with E-state index in [0.29, 0.717) is 28.2 Å². The molecule has 1 aromatic heterocycles. The Balaban J connectivity index is 2.07. The summed E-state index contributed by atoms with van der Waals surface area (Å²) in [7, 11) is 1.76. The third-order valence-corrected chi connectivity index (χ3v) is 4.99. The summed E-state index contributed by atoms with van der Waals surface area (Å²) in [6.07, 6.45) is 0. The van der Waals surface area contributed by atoms with Crippen LogP contribution in [0.4, 0.5) is 17.2 Å². The van der Waals surface area contributed by atoms with Crippen LogP contribution in [0.2, 0.25) is 5.28 Å². The van der Waals surface area contributed by atoms with Gasteiger partial charge in [0.1, 0.15) is 16.9 Å². The highest BCUT2D eigenvalue weighted by molar-refractivity contribution is 6.29. The average Bonchev–Trinajstić information content (AvgIpc) is 3.03. The number of halogens is 1. The van der Waals surface area contributed by atoms with E-state index < -0.39 is 5.41 Å². The van der Waals surface area contributed by atoms with Crippen molar-refractivity contribution in [1.82, 2.24) is 9.55 Å². The molecule has 6 nitrogen and oxygen atoms in total.